The Morgan fingerprint density at radius 1 is 1.33 bits per heavy atom. The van der Waals surface area contributed by atoms with E-state index in [-0.39, 0.29) is 5.41 Å². The van der Waals surface area contributed by atoms with Crippen LogP contribution in [0.3, 0.4) is 0 Å². The van der Waals surface area contributed by atoms with Crippen molar-refractivity contribution in [2.75, 3.05) is 13.6 Å². The predicted octanol–water partition coefficient (Wildman–Crippen LogP) is 3.41. The third-order valence-electron chi connectivity index (χ3n) is 2.97. The molecule has 2 rings (SSSR count). The number of nitriles is 1. The fourth-order valence-electron chi connectivity index (χ4n) is 2.21. The van der Waals surface area contributed by atoms with Gasteiger partial charge < -0.3 is 9.32 Å². The number of para-hydroxylation sites is 1. The van der Waals surface area contributed by atoms with Gasteiger partial charge in [-0.3, -0.25) is 0 Å². The van der Waals surface area contributed by atoms with E-state index in [9.17, 15) is 0 Å². The summed E-state index contributed by atoms with van der Waals surface area (Å²) in [6.07, 6.45) is 1.81. The summed E-state index contributed by atoms with van der Waals surface area (Å²) in [5, 5.41) is 10.2. The molecule has 94 valence electrons. The van der Waals surface area contributed by atoms with E-state index in [0.29, 0.717) is 0 Å². The van der Waals surface area contributed by atoms with Crippen molar-refractivity contribution in [1.82, 2.24) is 4.90 Å². The third kappa shape index (κ3) is 2.72. The summed E-state index contributed by atoms with van der Waals surface area (Å²) in [7, 11) is 2.03. The van der Waals surface area contributed by atoms with Gasteiger partial charge in [0.15, 0.2) is 0 Å². The molecule has 0 aliphatic carbocycles. The zero-order valence-electron chi connectivity index (χ0n) is 11.1. The third-order valence-corrected chi connectivity index (χ3v) is 2.97. The van der Waals surface area contributed by atoms with Gasteiger partial charge in [0, 0.05) is 24.0 Å². The van der Waals surface area contributed by atoms with Gasteiger partial charge in [-0.25, -0.2) is 0 Å². The van der Waals surface area contributed by atoms with Gasteiger partial charge in [-0.2, -0.15) is 5.26 Å². The number of furan rings is 1. The molecule has 2 aromatic rings. The lowest BCUT2D eigenvalue weighted by atomic mass is 9.95. The SMILES string of the molecule is CN(Cc1coc2ccccc12)CC(C)(C)C#N. The second kappa shape index (κ2) is 4.83. The molecule has 1 aromatic carbocycles. The molecule has 0 aliphatic rings. The number of nitrogens with zero attached hydrogens (tertiary/aromatic N) is 2. The van der Waals surface area contributed by atoms with Crippen molar-refractivity contribution in [1.29, 1.82) is 5.26 Å². The van der Waals surface area contributed by atoms with E-state index in [0.717, 1.165) is 24.1 Å². The van der Waals surface area contributed by atoms with Gasteiger partial charge in [0.05, 0.1) is 17.7 Å². The quantitative estimate of drug-likeness (QED) is 0.824. The Hall–Kier alpha value is -1.79. The number of hydrogen-bond donors (Lipinski definition) is 0. The number of benzene rings is 1. The minimum Gasteiger partial charge on any atom is -0.464 e. The second-order valence-corrected chi connectivity index (χ2v) is 5.43. The number of rotatable bonds is 4. The molecule has 0 atom stereocenters. The molecule has 0 N–H and O–H groups in total. The van der Waals surface area contributed by atoms with Gasteiger partial charge in [0.1, 0.15) is 5.58 Å². The van der Waals surface area contributed by atoms with Crippen molar-refractivity contribution in [3.63, 3.8) is 0 Å². The lowest BCUT2D eigenvalue weighted by molar-refractivity contribution is 0.249. The first-order valence-electron chi connectivity index (χ1n) is 6.07. The first-order chi connectivity index (χ1) is 8.52. The molecular formula is C15H18N2O. The van der Waals surface area contributed by atoms with Crippen LogP contribution in [0.15, 0.2) is 34.9 Å². The maximum absolute atomic E-state index is 9.05. The Balaban J connectivity index is 2.13. The maximum Gasteiger partial charge on any atom is 0.134 e. The van der Waals surface area contributed by atoms with Gasteiger partial charge in [0.2, 0.25) is 0 Å². The monoisotopic (exact) mass is 242 g/mol. The van der Waals surface area contributed by atoms with Crippen molar-refractivity contribution in [2.24, 2.45) is 5.41 Å². The number of fused-ring (bicyclic) bond motifs is 1. The average molecular weight is 242 g/mol. The van der Waals surface area contributed by atoms with E-state index in [1.165, 1.54) is 5.56 Å². The van der Waals surface area contributed by atoms with Crippen molar-refractivity contribution in [2.45, 2.75) is 20.4 Å². The Labute approximate surface area is 108 Å². The average Bonchev–Trinajstić information content (AvgIpc) is 2.72. The summed E-state index contributed by atoms with van der Waals surface area (Å²) in [4.78, 5) is 2.15. The summed E-state index contributed by atoms with van der Waals surface area (Å²) in [6.45, 7) is 5.44. The van der Waals surface area contributed by atoms with Crippen LogP contribution in [0.1, 0.15) is 19.4 Å². The molecule has 1 heterocycles. The predicted molar refractivity (Wildman–Crippen MR) is 71.9 cm³/mol. The summed E-state index contributed by atoms with van der Waals surface area (Å²) >= 11 is 0. The smallest absolute Gasteiger partial charge is 0.134 e. The minimum atomic E-state index is -0.325. The lowest BCUT2D eigenvalue weighted by Gasteiger charge is -2.23. The van der Waals surface area contributed by atoms with Gasteiger partial charge in [-0.15, -0.1) is 0 Å². The fourth-order valence-corrected chi connectivity index (χ4v) is 2.21. The van der Waals surface area contributed by atoms with Crippen LogP contribution in [0.4, 0.5) is 0 Å². The highest BCUT2D eigenvalue weighted by Crippen LogP contribution is 2.23. The molecule has 0 spiro atoms. The van der Waals surface area contributed by atoms with Gasteiger partial charge in [0.25, 0.3) is 0 Å². The molecule has 1 aromatic heterocycles. The van der Waals surface area contributed by atoms with Crippen LogP contribution in [0, 0.1) is 16.7 Å². The van der Waals surface area contributed by atoms with Crippen LogP contribution in [0.25, 0.3) is 11.0 Å². The topological polar surface area (TPSA) is 40.2 Å². The summed E-state index contributed by atoms with van der Waals surface area (Å²) in [5.74, 6) is 0. The highest BCUT2D eigenvalue weighted by atomic mass is 16.3. The van der Waals surface area contributed by atoms with Crippen LogP contribution < -0.4 is 0 Å². The molecule has 0 bridgehead atoms. The molecule has 18 heavy (non-hydrogen) atoms. The Morgan fingerprint density at radius 3 is 2.78 bits per heavy atom. The Kier molecular flexibility index (Phi) is 3.40. The van der Waals surface area contributed by atoms with Crippen LogP contribution in [-0.2, 0) is 6.54 Å². The molecule has 3 heteroatoms. The summed E-state index contributed by atoms with van der Waals surface area (Å²) in [6, 6.07) is 10.3. The fraction of sp³-hybridized carbons (Fsp3) is 0.400. The van der Waals surface area contributed by atoms with E-state index in [2.05, 4.69) is 17.0 Å². The normalized spacial score (nSPS) is 11.9. The van der Waals surface area contributed by atoms with Gasteiger partial charge in [-0.1, -0.05) is 18.2 Å². The summed E-state index contributed by atoms with van der Waals surface area (Å²) in [5.41, 5.74) is 1.76. The largest absolute Gasteiger partial charge is 0.464 e. The van der Waals surface area contributed by atoms with E-state index < -0.39 is 0 Å². The second-order valence-electron chi connectivity index (χ2n) is 5.43. The molecule has 0 radical (unpaired) electrons. The Bertz CT molecular complexity index is 577. The molecule has 0 fully saturated rings. The summed E-state index contributed by atoms with van der Waals surface area (Å²) < 4.78 is 5.51. The highest BCUT2D eigenvalue weighted by Gasteiger charge is 2.19. The molecule has 0 aliphatic heterocycles. The molecule has 0 saturated heterocycles. The molecule has 0 amide bonds. The lowest BCUT2D eigenvalue weighted by Crippen LogP contribution is -2.29. The molecular weight excluding hydrogens is 224 g/mol. The van der Waals surface area contributed by atoms with Crippen LogP contribution in [0.5, 0.6) is 0 Å². The van der Waals surface area contributed by atoms with Gasteiger partial charge >= 0.3 is 0 Å². The van der Waals surface area contributed by atoms with Crippen LogP contribution in [0.2, 0.25) is 0 Å². The van der Waals surface area contributed by atoms with E-state index >= 15 is 0 Å². The number of hydrogen-bond acceptors (Lipinski definition) is 3. The first kappa shape index (κ1) is 12.7. The maximum atomic E-state index is 9.05. The van der Waals surface area contributed by atoms with Crippen LogP contribution in [-0.4, -0.2) is 18.5 Å². The molecule has 0 saturated carbocycles. The van der Waals surface area contributed by atoms with E-state index in [4.69, 9.17) is 9.68 Å². The van der Waals surface area contributed by atoms with Gasteiger partial charge in [-0.05, 0) is 27.0 Å². The standard InChI is InChI=1S/C15H18N2O/c1-15(2,10-16)11-17(3)8-12-9-18-14-7-5-4-6-13(12)14/h4-7,9H,8,11H2,1-3H3. The zero-order valence-corrected chi connectivity index (χ0v) is 11.1. The van der Waals surface area contributed by atoms with Crippen molar-refractivity contribution >= 4 is 11.0 Å². The Morgan fingerprint density at radius 2 is 2.06 bits per heavy atom. The van der Waals surface area contributed by atoms with Crippen molar-refractivity contribution < 1.29 is 4.42 Å². The molecule has 0 unspecified atom stereocenters. The van der Waals surface area contributed by atoms with Crippen molar-refractivity contribution in [3.05, 3.63) is 36.1 Å². The first-order valence-corrected chi connectivity index (χ1v) is 6.07. The van der Waals surface area contributed by atoms with E-state index in [1.54, 1.807) is 6.26 Å². The zero-order chi connectivity index (χ0) is 13.2. The van der Waals surface area contributed by atoms with Crippen LogP contribution >= 0.6 is 0 Å². The van der Waals surface area contributed by atoms with Crippen molar-refractivity contribution in [3.8, 4) is 6.07 Å². The minimum absolute atomic E-state index is 0.325. The molecule has 3 nitrogen and oxygen atoms in total. The highest BCUT2D eigenvalue weighted by molar-refractivity contribution is 5.80. The van der Waals surface area contributed by atoms with E-state index in [1.807, 2.05) is 39.1 Å².